The number of rotatable bonds is 5. The van der Waals surface area contributed by atoms with Gasteiger partial charge in [-0.2, -0.15) is 5.26 Å². The van der Waals surface area contributed by atoms with Crippen molar-refractivity contribution in [3.8, 4) is 6.07 Å². The second-order valence-corrected chi connectivity index (χ2v) is 6.36. The SMILES string of the molecule is CCCNC(=O)C(C#N)=C1N=C(NC(=O)c2ccc([N+](=O)[O-])cc2)c2ccccc21. The van der Waals surface area contributed by atoms with E-state index < -0.39 is 16.7 Å². The highest BCUT2D eigenvalue weighted by molar-refractivity contribution is 6.20. The van der Waals surface area contributed by atoms with E-state index in [0.717, 1.165) is 6.42 Å². The molecule has 0 unspecified atom stereocenters. The maximum Gasteiger partial charge on any atom is 0.269 e. The average molecular weight is 403 g/mol. The first kappa shape index (κ1) is 20.4. The second kappa shape index (κ2) is 8.79. The maximum atomic E-state index is 12.6. The van der Waals surface area contributed by atoms with Crippen LogP contribution in [0.15, 0.2) is 59.1 Å². The van der Waals surface area contributed by atoms with Crippen LogP contribution in [-0.2, 0) is 4.79 Å². The fourth-order valence-corrected chi connectivity index (χ4v) is 2.87. The van der Waals surface area contributed by atoms with E-state index in [0.29, 0.717) is 17.7 Å². The largest absolute Gasteiger partial charge is 0.351 e. The molecule has 150 valence electrons. The number of hydrogen-bond acceptors (Lipinski definition) is 6. The molecule has 9 heteroatoms. The number of benzene rings is 2. The van der Waals surface area contributed by atoms with E-state index in [4.69, 9.17) is 0 Å². The van der Waals surface area contributed by atoms with Gasteiger partial charge in [-0.15, -0.1) is 0 Å². The highest BCUT2D eigenvalue weighted by Crippen LogP contribution is 2.30. The molecule has 0 saturated carbocycles. The van der Waals surface area contributed by atoms with Crippen LogP contribution >= 0.6 is 0 Å². The first-order valence-electron chi connectivity index (χ1n) is 9.13. The summed E-state index contributed by atoms with van der Waals surface area (Å²) in [5, 5.41) is 25.6. The number of nitro groups is 1. The number of hydrogen-bond donors (Lipinski definition) is 2. The molecule has 2 N–H and O–H groups in total. The first-order chi connectivity index (χ1) is 14.5. The molecule has 0 radical (unpaired) electrons. The van der Waals surface area contributed by atoms with E-state index in [1.165, 1.54) is 24.3 Å². The van der Waals surface area contributed by atoms with Gasteiger partial charge >= 0.3 is 0 Å². The maximum absolute atomic E-state index is 12.6. The molecular weight excluding hydrogens is 386 g/mol. The molecule has 1 aliphatic rings. The van der Waals surface area contributed by atoms with Crippen molar-refractivity contribution < 1.29 is 14.5 Å². The number of amides is 2. The number of carbonyl (C=O) groups is 2. The van der Waals surface area contributed by atoms with Gasteiger partial charge in [-0.3, -0.25) is 19.7 Å². The molecule has 2 aromatic rings. The molecular formula is C21H17N5O4. The molecule has 3 rings (SSSR count). The van der Waals surface area contributed by atoms with Gasteiger partial charge in [0.05, 0.1) is 10.6 Å². The molecule has 0 bridgehead atoms. The summed E-state index contributed by atoms with van der Waals surface area (Å²) >= 11 is 0. The molecule has 30 heavy (non-hydrogen) atoms. The lowest BCUT2D eigenvalue weighted by Gasteiger charge is -2.06. The minimum Gasteiger partial charge on any atom is -0.351 e. The van der Waals surface area contributed by atoms with E-state index in [1.54, 1.807) is 24.3 Å². The molecule has 0 atom stereocenters. The summed E-state index contributed by atoms with van der Waals surface area (Å²) in [6.45, 7) is 2.32. The molecule has 0 saturated heterocycles. The van der Waals surface area contributed by atoms with Crippen LogP contribution in [0.3, 0.4) is 0 Å². The number of carbonyl (C=O) groups excluding carboxylic acids is 2. The van der Waals surface area contributed by atoms with Gasteiger partial charge in [0.25, 0.3) is 17.5 Å². The zero-order valence-corrected chi connectivity index (χ0v) is 16.0. The zero-order valence-electron chi connectivity index (χ0n) is 16.0. The molecule has 1 heterocycles. The summed E-state index contributed by atoms with van der Waals surface area (Å²) in [5.41, 5.74) is 1.24. The number of nitriles is 1. The summed E-state index contributed by atoms with van der Waals surface area (Å²) in [5.74, 6) is -0.857. The Labute approximate surface area is 171 Å². The molecule has 0 fully saturated rings. The van der Waals surface area contributed by atoms with Crippen molar-refractivity contribution in [3.05, 3.63) is 80.9 Å². The normalized spacial score (nSPS) is 13.5. The van der Waals surface area contributed by atoms with E-state index in [1.807, 2.05) is 13.0 Å². The Kier molecular flexibility index (Phi) is 5.98. The van der Waals surface area contributed by atoms with Crippen molar-refractivity contribution >= 4 is 29.0 Å². The lowest BCUT2D eigenvalue weighted by atomic mass is 10.0. The van der Waals surface area contributed by atoms with Crippen LogP contribution in [0.1, 0.15) is 34.8 Å². The Morgan fingerprint density at radius 2 is 1.80 bits per heavy atom. The monoisotopic (exact) mass is 403 g/mol. The van der Waals surface area contributed by atoms with Gasteiger partial charge in [0.1, 0.15) is 17.5 Å². The van der Waals surface area contributed by atoms with Crippen molar-refractivity contribution in [2.75, 3.05) is 6.54 Å². The highest BCUT2D eigenvalue weighted by atomic mass is 16.6. The number of aliphatic imine (C=N–C) groups is 1. The van der Waals surface area contributed by atoms with E-state index in [-0.39, 0.29) is 28.4 Å². The van der Waals surface area contributed by atoms with E-state index >= 15 is 0 Å². The lowest BCUT2D eigenvalue weighted by molar-refractivity contribution is -0.384. The lowest BCUT2D eigenvalue weighted by Crippen LogP contribution is -2.30. The molecule has 1 aliphatic heterocycles. The van der Waals surface area contributed by atoms with Crippen LogP contribution in [0.4, 0.5) is 5.69 Å². The van der Waals surface area contributed by atoms with Crippen LogP contribution in [0.5, 0.6) is 0 Å². The van der Waals surface area contributed by atoms with Crippen LogP contribution in [0.25, 0.3) is 5.70 Å². The summed E-state index contributed by atoms with van der Waals surface area (Å²) in [4.78, 5) is 39.5. The molecule has 0 spiro atoms. The number of nitro benzene ring substituents is 1. The van der Waals surface area contributed by atoms with Gasteiger partial charge in [-0.05, 0) is 18.6 Å². The second-order valence-electron chi connectivity index (χ2n) is 6.36. The van der Waals surface area contributed by atoms with Gasteiger partial charge in [0.15, 0.2) is 0 Å². The summed E-state index contributed by atoms with van der Waals surface area (Å²) in [6, 6.07) is 14.0. The molecule has 9 nitrogen and oxygen atoms in total. The van der Waals surface area contributed by atoms with Crippen LogP contribution < -0.4 is 10.6 Å². The van der Waals surface area contributed by atoms with Crippen molar-refractivity contribution in [1.82, 2.24) is 10.6 Å². The summed E-state index contributed by atoms with van der Waals surface area (Å²) < 4.78 is 0. The average Bonchev–Trinajstić information content (AvgIpc) is 3.11. The van der Waals surface area contributed by atoms with Crippen molar-refractivity contribution in [2.24, 2.45) is 4.99 Å². The minimum atomic E-state index is -0.553. The van der Waals surface area contributed by atoms with Crippen molar-refractivity contribution in [1.29, 1.82) is 5.26 Å². The van der Waals surface area contributed by atoms with Crippen LogP contribution in [0, 0.1) is 21.4 Å². The fraction of sp³-hybridized carbons (Fsp3) is 0.143. The van der Waals surface area contributed by atoms with Gasteiger partial charge in [-0.25, -0.2) is 4.99 Å². The predicted octanol–water partition coefficient (Wildman–Crippen LogP) is 2.55. The van der Waals surface area contributed by atoms with Gasteiger partial charge < -0.3 is 10.6 Å². The van der Waals surface area contributed by atoms with Crippen LogP contribution in [-0.4, -0.2) is 29.1 Å². The van der Waals surface area contributed by atoms with E-state index in [2.05, 4.69) is 15.6 Å². The standard InChI is InChI=1S/C21H17N5O4/c1-2-11-23-21(28)17(12-22)18-15-5-3-4-6-16(15)19(24-18)25-20(27)13-7-9-14(10-8-13)26(29)30/h3-10H,2,11H2,1H3,(H,23,28)(H,24,25,27). The van der Waals surface area contributed by atoms with Gasteiger partial charge in [0, 0.05) is 35.4 Å². The third-order valence-electron chi connectivity index (χ3n) is 4.34. The van der Waals surface area contributed by atoms with Gasteiger partial charge in [-0.1, -0.05) is 31.2 Å². The molecule has 0 aliphatic carbocycles. The third kappa shape index (κ3) is 4.07. The van der Waals surface area contributed by atoms with Crippen molar-refractivity contribution in [3.63, 3.8) is 0 Å². The van der Waals surface area contributed by atoms with E-state index in [9.17, 15) is 25.0 Å². The third-order valence-corrected chi connectivity index (χ3v) is 4.34. The Morgan fingerprint density at radius 1 is 1.13 bits per heavy atom. The summed E-state index contributed by atoms with van der Waals surface area (Å²) in [7, 11) is 0. The predicted molar refractivity (Wildman–Crippen MR) is 109 cm³/mol. The Balaban J connectivity index is 1.94. The minimum absolute atomic E-state index is 0.128. The molecule has 2 amide bonds. The van der Waals surface area contributed by atoms with Crippen molar-refractivity contribution in [2.45, 2.75) is 13.3 Å². The van der Waals surface area contributed by atoms with Crippen LogP contribution in [0.2, 0.25) is 0 Å². The fourth-order valence-electron chi connectivity index (χ4n) is 2.87. The Morgan fingerprint density at radius 3 is 2.40 bits per heavy atom. The number of non-ortho nitro benzene ring substituents is 1. The Hall–Kier alpha value is -4.32. The molecule has 2 aromatic carbocycles. The smallest absolute Gasteiger partial charge is 0.269 e. The molecule has 0 aromatic heterocycles. The number of amidine groups is 1. The van der Waals surface area contributed by atoms with Gasteiger partial charge in [0.2, 0.25) is 0 Å². The Bertz CT molecular complexity index is 1130. The summed E-state index contributed by atoms with van der Waals surface area (Å²) in [6.07, 6.45) is 0.718. The number of nitrogens with zero attached hydrogens (tertiary/aromatic N) is 3. The quantitative estimate of drug-likeness (QED) is 0.342. The number of nitrogens with one attached hydrogen (secondary N) is 2. The topological polar surface area (TPSA) is 137 Å². The number of fused-ring (bicyclic) bond motifs is 1. The zero-order chi connectivity index (χ0) is 21.7. The first-order valence-corrected chi connectivity index (χ1v) is 9.13. The highest BCUT2D eigenvalue weighted by Gasteiger charge is 2.27.